The number of rotatable bonds is 5. The summed E-state index contributed by atoms with van der Waals surface area (Å²) in [6.45, 7) is 3.07. The van der Waals surface area contributed by atoms with Crippen molar-refractivity contribution in [3.8, 4) is 0 Å². The molecule has 0 aliphatic heterocycles. The van der Waals surface area contributed by atoms with Gasteiger partial charge < -0.3 is 15.0 Å². The Morgan fingerprint density at radius 3 is 3.00 bits per heavy atom. The fourth-order valence-electron chi connectivity index (χ4n) is 3.54. The van der Waals surface area contributed by atoms with E-state index in [4.69, 9.17) is 0 Å². The van der Waals surface area contributed by atoms with Crippen molar-refractivity contribution in [3.63, 3.8) is 0 Å². The first kappa shape index (κ1) is 16.0. The molecule has 6 nitrogen and oxygen atoms in total. The van der Waals surface area contributed by atoms with Crippen molar-refractivity contribution < 1.29 is 5.11 Å². The van der Waals surface area contributed by atoms with Crippen LogP contribution in [0.2, 0.25) is 0 Å². The molecule has 0 amide bonds. The zero-order chi connectivity index (χ0) is 17.2. The number of aliphatic hydroxyl groups is 1. The second-order valence-electron chi connectivity index (χ2n) is 6.61. The van der Waals surface area contributed by atoms with Crippen LogP contribution in [-0.4, -0.2) is 30.7 Å². The minimum Gasteiger partial charge on any atom is -0.391 e. The third-order valence-electron chi connectivity index (χ3n) is 4.93. The molecule has 2 atom stereocenters. The molecular weight excluding hydrogens is 314 g/mol. The first-order valence-electron chi connectivity index (χ1n) is 8.96. The predicted molar refractivity (Wildman–Crippen MR) is 97.4 cm³/mol. The van der Waals surface area contributed by atoms with Gasteiger partial charge >= 0.3 is 0 Å². The van der Waals surface area contributed by atoms with Crippen LogP contribution in [0, 0.1) is 0 Å². The zero-order valence-electron chi connectivity index (χ0n) is 14.4. The highest BCUT2D eigenvalue weighted by Gasteiger charge is 2.28. The van der Waals surface area contributed by atoms with Crippen molar-refractivity contribution in [2.45, 2.75) is 51.3 Å². The van der Waals surface area contributed by atoms with Crippen LogP contribution in [0.15, 0.2) is 36.9 Å². The highest BCUT2D eigenvalue weighted by atomic mass is 16.3. The van der Waals surface area contributed by atoms with Gasteiger partial charge in [-0.2, -0.15) is 0 Å². The Balaban J connectivity index is 1.68. The summed E-state index contributed by atoms with van der Waals surface area (Å²) in [6, 6.07) is 8.09. The summed E-state index contributed by atoms with van der Waals surface area (Å²) in [5.74, 6) is 0.681. The van der Waals surface area contributed by atoms with Crippen LogP contribution < -0.4 is 5.32 Å². The molecule has 2 heterocycles. The van der Waals surface area contributed by atoms with Gasteiger partial charge in [0.15, 0.2) is 11.5 Å². The van der Waals surface area contributed by atoms with Crippen molar-refractivity contribution in [3.05, 3.63) is 48.0 Å². The highest BCUT2D eigenvalue weighted by molar-refractivity contribution is 5.82. The fourth-order valence-corrected chi connectivity index (χ4v) is 3.54. The van der Waals surface area contributed by atoms with E-state index in [1.165, 1.54) is 5.56 Å². The molecule has 0 saturated heterocycles. The van der Waals surface area contributed by atoms with Crippen molar-refractivity contribution >= 4 is 17.0 Å². The van der Waals surface area contributed by atoms with Gasteiger partial charge in [0, 0.05) is 6.54 Å². The lowest BCUT2D eigenvalue weighted by molar-refractivity contribution is 0.135. The first-order valence-corrected chi connectivity index (χ1v) is 8.96. The quantitative estimate of drug-likeness (QED) is 0.748. The van der Waals surface area contributed by atoms with Crippen LogP contribution in [0.5, 0.6) is 0 Å². The molecule has 0 unspecified atom stereocenters. The maximum absolute atomic E-state index is 10.5. The zero-order valence-corrected chi connectivity index (χ0v) is 14.4. The molecule has 0 saturated carbocycles. The van der Waals surface area contributed by atoms with Crippen molar-refractivity contribution in [2.75, 3.05) is 5.32 Å². The molecule has 0 radical (unpaired) electrons. The molecule has 25 heavy (non-hydrogen) atoms. The van der Waals surface area contributed by atoms with E-state index in [0.29, 0.717) is 5.82 Å². The number of nitrogens with one attached hydrogen (secondary N) is 1. The summed E-state index contributed by atoms with van der Waals surface area (Å²) in [6.07, 6.45) is 6.81. The number of hydrogen-bond acceptors (Lipinski definition) is 5. The van der Waals surface area contributed by atoms with Crippen LogP contribution in [0.4, 0.5) is 5.82 Å². The average molecular weight is 337 g/mol. The Kier molecular flexibility index (Phi) is 4.36. The van der Waals surface area contributed by atoms with E-state index in [0.717, 1.165) is 49.0 Å². The Morgan fingerprint density at radius 1 is 1.24 bits per heavy atom. The Hall–Kier alpha value is -2.47. The number of aryl methyl sites for hydroxylation is 2. The predicted octanol–water partition coefficient (Wildman–Crippen LogP) is 3.09. The van der Waals surface area contributed by atoms with Gasteiger partial charge in [0.2, 0.25) is 0 Å². The lowest BCUT2D eigenvalue weighted by Gasteiger charge is -2.31. The number of fused-ring (bicyclic) bond motifs is 2. The van der Waals surface area contributed by atoms with Gasteiger partial charge in [0.05, 0.1) is 18.5 Å². The molecule has 4 rings (SSSR count). The van der Waals surface area contributed by atoms with Crippen LogP contribution in [-0.2, 0) is 13.0 Å². The van der Waals surface area contributed by atoms with E-state index in [9.17, 15) is 5.11 Å². The van der Waals surface area contributed by atoms with Gasteiger partial charge in [-0.05, 0) is 30.4 Å². The van der Waals surface area contributed by atoms with E-state index in [1.54, 1.807) is 6.33 Å². The molecule has 0 bridgehead atoms. The van der Waals surface area contributed by atoms with Crippen LogP contribution >= 0.6 is 0 Å². The van der Waals surface area contributed by atoms with Crippen molar-refractivity contribution in [1.29, 1.82) is 0 Å². The summed E-state index contributed by atoms with van der Waals surface area (Å²) in [5.41, 5.74) is 4.01. The van der Waals surface area contributed by atoms with Crippen LogP contribution in [0.25, 0.3) is 11.2 Å². The minimum absolute atomic E-state index is 0.177. The van der Waals surface area contributed by atoms with E-state index < -0.39 is 6.10 Å². The summed E-state index contributed by atoms with van der Waals surface area (Å²) in [5, 5.41) is 14.0. The van der Waals surface area contributed by atoms with Gasteiger partial charge in [0.25, 0.3) is 0 Å². The normalized spacial score (nSPS) is 19.8. The Labute approximate surface area is 147 Å². The monoisotopic (exact) mass is 337 g/mol. The van der Waals surface area contributed by atoms with Gasteiger partial charge in [-0.3, -0.25) is 0 Å². The lowest BCUT2D eigenvalue weighted by Crippen LogP contribution is -2.31. The van der Waals surface area contributed by atoms with Crippen LogP contribution in [0.1, 0.15) is 43.4 Å². The smallest absolute Gasteiger partial charge is 0.165 e. The number of benzene rings is 1. The number of imidazole rings is 1. The molecule has 2 aromatic heterocycles. The van der Waals surface area contributed by atoms with Gasteiger partial charge in [-0.25, -0.2) is 15.0 Å². The molecule has 1 aliphatic rings. The summed E-state index contributed by atoms with van der Waals surface area (Å²) in [7, 11) is 0. The molecule has 0 fully saturated rings. The number of anilines is 1. The number of nitrogens with zero attached hydrogens (tertiary/aromatic N) is 4. The molecule has 6 heteroatoms. The number of unbranched alkanes of at least 4 members (excludes halogenated alkanes) is 1. The van der Waals surface area contributed by atoms with E-state index in [-0.39, 0.29) is 6.04 Å². The first-order chi connectivity index (χ1) is 12.3. The maximum atomic E-state index is 10.5. The van der Waals surface area contributed by atoms with Crippen molar-refractivity contribution in [1.82, 2.24) is 19.5 Å². The van der Waals surface area contributed by atoms with Crippen LogP contribution in [0.3, 0.4) is 0 Å². The average Bonchev–Trinajstić information content (AvgIpc) is 3.06. The summed E-state index contributed by atoms with van der Waals surface area (Å²) >= 11 is 0. The molecule has 2 N–H and O–H groups in total. The molecule has 0 spiro atoms. The Morgan fingerprint density at radius 2 is 2.12 bits per heavy atom. The van der Waals surface area contributed by atoms with Crippen molar-refractivity contribution in [2.24, 2.45) is 0 Å². The van der Waals surface area contributed by atoms with E-state index in [1.807, 2.05) is 18.5 Å². The number of hydrogen-bond donors (Lipinski definition) is 2. The maximum Gasteiger partial charge on any atom is 0.165 e. The topological polar surface area (TPSA) is 75.9 Å². The second kappa shape index (κ2) is 6.80. The third kappa shape index (κ3) is 2.98. The second-order valence-corrected chi connectivity index (χ2v) is 6.61. The Bertz CT molecular complexity index is 875. The number of aliphatic hydroxyl groups excluding tert-OH is 1. The fraction of sp³-hybridized carbons (Fsp3) is 0.421. The molecule has 3 aromatic rings. The molecule has 1 aromatic carbocycles. The molecular formula is C19H23N5O. The van der Waals surface area contributed by atoms with Gasteiger partial charge in [-0.15, -0.1) is 0 Å². The largest absolute Gasteiger partial charge is 0.391 e. The summed E-state index contributed by atoms with van der Waals surface area (Å²) in [4.78, 5) is 13.3. The molecule has 1 aliphatic carbocycles. The molecule has 130 valence electrons. The van der Waals surface area contributed by atoms with Gasteiger partial charge in [0.1, 0.15) is 11.8 Å². The SMILES string of the molecule is CCCCn1cnc2c(N[C@@H]3c4ccccc4CC[C@@H]3O)ncnc21. The lowest BCUT2D eigenvalue weighted by atomic mass is 9.85. The minimum atomic E-state index is -0.443. The standard InChI is InChI=1S/C19H23N5O/c1-2-3-10-24-12-22-17-18(20-11-21-19(17)24)23-16-14-7-5-4-6-13(14)8-9-15(16)25/h4-7,11-12,15-16,25H,2-3,8-10H2,1H3,(H,20,21,23)/t15-,16+/m0/s1. The third-order valence-corrected chi connectivity index (χ3v) is 4.93. The number of aromatic nitrogens is 4. The van der Waals surface area contributed by atoms with E-state index >= 15 is 0 Å². The highest BCUT2D eigenvalue weighted by Crippen LogP contribution is 2.33. The summed E-state index contributed by atoms with van der Waals surface area (Å²) < 4.78 is 2.07. The van der Waals surface area contributed by atoms with E-state index in [2.05, 4.69) is 43.9 Å². The van der Waals surface area contributed by atoms with Gasteiger partial charge in [-0.1, -0.05) is 37.6 Å².